The summed E-state index contributed by atoms with van der Waals surface area (Å²) in [6.07, 6.45) is 3.39. The lowest BCUT2D eigenvalue weighted by Gasteiger charge is -2.16. The molecule has 2 N–H and O–H groups in total. The van der Waals surface area contributed by atoms with Gasteiger partial charge in [0, 0.05) is 0 Å². The number of rotatable bonds is 3. The van der Waals surface area contributed by atoms with E-state index in [9.17, 15) is 4.39 Å². The number of aromatic nitrogens is 2. The van der Waals surface area contributed by atoms with E-state index in [0.717, 1.165) is 22.5 Å². The van der Waals surface area contributed by atoms with E-state index in [4.69, 9.17) is 5.73 Å². The molecule has 1 aromatic heterocycles. The number of hydrogen-bond donors (Lipinski definition) is 1. The van der Waals surface area contributed by atoms with Gasteiger partial charge in [0.15, 0.2) is 0 Å². The van der Waals surface area contributed by atoms with Crippen molar-refractivity contribution in [2.24, 2.45) is 5.73 Å². The van der Waals surface area contributed by atoms with E-state index < -0.39 is 0 Å². The first-order valence-corrected chi connectivity index (χ1v) is 6.76. The zero-order chi connectivity index (χ0) is 14.8. The van der Waals surface area contributed by atoms with Crippen LogP contribution >= 0.6 is 0 Å². The lowest BCUT2D eigenvalue weighted by atomic mass is 10.0. The molecule has 106 valence electrons. The third-order valence-corrected chi connectivity index (χ3v) is 3.58. The first kappa shape index (κ1) is 13.5. The Bertz CT molecular complexity index is 750. The zero-order valence-corrected chi connectivity index (χ0v) is 11.7. The maximum Gasteiger partial charge on any atom is 0.125 e. The van der Waals surface area contributed by atoms with E-state index in [0.29, 0.717) is 0 Å². The van der Waals surface area contributed by atoms with Crippen molar-refractivity contribution in [2.75, 3.05) is 0 Å². The van der Waals surface area contributed by atoms with Crippen molar-refractivity contribution in [3.63, 3.8) is 0 Å². The molecule has 0 aliphatic rings. The maximum atomic E-state index is 13.5. The molecule has 1 heterocycles. The molecule has 0 fully saturated rings. The van der Waals surface area contributed by atoms with Crippen LogP contribution in [0.25, 0.3) is 5.69 Å². The molecule has 3 nitrogen and oxygen atoms in total. The van der Waals surface area contributed by atoms with Crippen LogP contribution < -0.4 is 5.73 Å². The Balaban J connectivity index is 2.07. The van der Waals surface area contributed by atoms with Crippen LogP contribution in [0.15, 0.2) is 61.1 Å². The van der Waals surface area contributed by atoms with Crippen molar-refractivity contribution < 1.29 is 4.39 Å². The topological polar surface area (TPSA) is 43.8 Å². The zero-order valence-electron chi connectivity index (χ0n) is 11.7. The van der Waals surface area contributed by atoms with E-state index in [-0.39, 0.29) is 11.9 Å². The van der Waals surface area contributed by atoms with Crippen LogP contribution in [0.5, 0.6) is 0 Å². The van der Waals surface area contributed by atoms with Crippen molar-refractivity contribution >= 4 is 0 Å². The Morgan fingerprint density at radius 2 is 1.90 bits per heavy atom. The molecule has 4 heteroatoms. The van der Waals surface area contributed by atoms with Crippen molar-refractivity contribution in [1.29, 1.82) is 0 Å². The smallest absolute Gasteiger partial charge is 0.125 e. The molecule has 0 bridgehead atoms. The minimum atomic E-state index is -0.309. The second-order valence-electron chi connectivity index (χ2n) is 5.01. The number of imidazole rings is 1. The van der Waals surface area contributed by atoms with Crippen LogP contribution in [0.4, 0.5) is 4.39 Å². The molecule has 1 atom stereocenters. The first-order chi connectivity index (χ1) is 10.2. The average Bonchev–Trinajstić information content (AvgIpc) is 2.99. The Labute approximate surface area is 122 Å². The number of halogens is 1. The predicted octanol–water partition coefficient (Wildman–Crippen LogP) is 3.37. The van der Waals surface area contributed by atoms with E-state index in [1.807, 2.05) is 41.8 Å². The summed E-state index contributed by atoms with van der Waals surface area (Å²) >= 11 is 0. The van der Waals surface area contributed by atoms with Crippen molar-refractivity contribution in [2.45, 2.75) is 13.0 Å². The van der Waals surface area contributed by atoms with Crippen LogP contribution in [-0.4, -0.2) is 9.55 Å². The molecule has 0 saturated heterocycles. The summed E-state index contributed by atoms with van der Waals surface area (Å²) in [4.78, 5) is 4.18. The molecule has 21 heavy (non-hydrogen) atoms. The molecule has 1 unspecified atom stereocenters. The monoisotopic (exact) mass is 281 g/mol. The van der Waals surface area contributed by atoms with Crippen LogP contribution in [0, 0.1) is 12.7 Å². The Kier molecular flexibility index (Phi) is 3.54. The van der Waals surface area contributed by atoms with Crippen LogP contribution in [0.2, 0.25) is 0 Å². The molecule has 0 radical (unpaired) electrons. The second kappa shape index (κ2) is 5.50. The fraction of sp³-hybridized carbons (Fsp3) is 0.118. The third-order valence-electron chi connectivity index (χ3n) is 3.58. The van der Waals surface area contributed by atoms with Crippen LogP contribution in [-0.2, 0) is 0 Å². The number of nitrogens with two attached hydrogens (primary N) is 1. The predicted molar refractivity (Wildman–Crippen MR) is 80.7 cm³/mol. The van der Waals surface area contributed by atoms with Gasteiger partial charge in [0.1, 0.15) is 5.82 Å². The summed E-state index contributed by atoms with van der Waals surface area (Å²) < 4.78 is 15.4. The average molecular weight is 281 g/mol. The third kappa shape index (κ3) is 2.58. The van der Waals surface area contributed by atoms with Gasteiger partial charge in [-0.05, 0) is 30.2 Å². The Morgan fingerprint density at radius 3 is 2.67 bits per heavy atom. The highest BCUT2D eigenvalue weighted by Gasteiger charge is 2.15. The van der Waals surface area contributed by atoms with Crippen molar-refractivity contribution in [3.05, 3.63) is 83.7 Å². The molecule has 3 rings (SSSR count). The number of nitrogens with zero attached hydrogens (tertiary/aromatic N) is 2. The lowest BCUT2D eigenvalue weighted by Crippen LogP contribution is -2.16. The SMILES string of the molecule is Cc1ccc(F)cc1-n1cncc1C(N)c1ccccc1. The van der Waals surface area contributed by atoms with E-state index >= 15 is 0 Å². The van der Waals surface area contributed by atoms with Crippen LogP contribution in [0.1, 0.15) is 22.9 Å². The first-order valence-electron chi connectivity index (χ1n) is 6.76. The quantitative estimate of drug-likeness (QED) is 0.800. The normalized spacial score (nSPS) is 12.3. The summed E-state index contributed by atoms with van der Waals surface area (Å²) in [5.41, 5.74) is 9.88. The standard InChI is InChI=1S/C17H16FN3/c1-12-7-8-14(18)9-15(12)21-11-20-10-16(21)17(19)13-5-3-2-4-6-13/h2-11,17H,19H2,1H3. The van der Waals surface area contributed by atoms with Gasteiger partial charge < -0.3 is 10.3 Å². The van der Waals surface area contributed by atoms with Crippen molar-refractivity contribution in [3.8, 4) is 5.69 Å². The number of hydrogen-bond acceptors (Lipinski definition) is 2. The molecule has 0 saturated carbocycles. The highest BCUT2D eigenvalue weighted by molar-refractivity contribution is 5.43. The summed E-state index contributed by atoms with van der Waals surface area (Å²) in [5.74, 6) is -0.275. The van der Waals surface area contributed by atoms with Gasteiger partial charge in [-0.3, -0.25) is 0 Å². The highest BCUT2D eigenvalue weighted by Crippen LogP contribution is 2.24. The molecule has 0 aliphatic carbocycles. The summed E-state index contributed by atoms with van der Waals surface area (Å²) in [6.45, 7) is 1.94. The lowest BCUT2D eigenvalue weighted by molar-refractivity contribution is 0.625. The van der Waals surface area contributed by atoms with Gasteiger partial charge in [-0.25, -0.2) is 9.37 Å². The molecule has 3 aromatic rings. The Hall–Kier alpha value is -2.46. The van der Waals surface area contributed by atoms with E-state index in [2.05, 4.69) is 4.98 Å². The molecular formula is C17H16FN3. The van der Waals surface area contributed by atoms with Gasteiger partial charge in [0.25, 0.3) is 0 Å². The summed E-state index contributed by atoms with van der Waals surface area (Å²) in [7, 11) is 0. The molecule has 0 aliphatic heterocycles. The van der Waals surface area contributed by atoms with Crippen molar-refractivity contribution in [1.82, 2.24) is 9.55 Å². The van der Waals surface area contributed by atoms with Gasteiger partial charge in [0.05, 0.1) is 29.9 Å². The van der Waals surface area contributed by atoms with E-state index in [1.165, 1.54) is 12.1 Å². The van der Waals surface area contributed by atoms with Gasteiger partial charge >= 0.3 is 0 Å². The summed E-state index contributed by atoms with van der Waals surface area (Å²) in [6, 6.07) is 14.2. The van der Waals surface area contributed by atoms with Gasteiger partial charge in [-0.1, -0.05) is 36.4 Å². The Morgan fingerprint density at radius 1 is 1.14 bits per heavy atom. The highest BCUT2D eigenvalue weighted by atomic mass is 19.1. The fourth-order valence-electron chi connectivity index (χ4n) is 2.41. The maximum absolute atomic E-state index is 13.5. The number of aryl methyl sites for hydroxylation is 1. The minimum Gasteiger partial charge on any atom is -0.319 e. The summed E-state index contributed by atoms with van der Waals surface area (Å²) in [5, 5.41) is 0. The number of benzene rings is 2. The van der Waals surface area contributed by atoms with Crippen LogP contribution in [0.3, 0.4) is 0 Å². The minimum absolute atomic E-state index is 0.275. The van der Waals surface area contributed by atoms with Gasteiger partial charge in [-0.2, -0.15) is 0 Å². The molecular weight excluding hydrogens is 265 g/mol. The molecule has 0 spiro atoms. The van der Waals surface area contributed by atoms with Gasteiger partial charge in [0.2, 0.25) is 0 Å². The molecule has 2 aromatic carbocycles. The van der Waals surface area contributed by atoms with E-state index in [1.54, 1.807) is 18.6 Å². The largest absolute Gasteiger partial charge is 0.319 e. The van der Waals surface area contributed by atoms with Gasteiger partial charge in [-0.15, -0.1) is 0 Å². The molecule has 0 amide bonds. The second-order valence-corrected chi connectivity index (χ2v) is 5.01. The fourth-order valence-corrected chi connectivity index (χ4v) is 2.41.